The quantitative estimate of drug-likeness (QED) is 0.412. The number of hydrogen-bond donors (Lipinski definition) is 0. The van der Waals surface area contributed by atoms with E-state index in [-0.39, 0.29) is 34.5 Å². The van der Waals surface area contributed by atoms with Crippen LogP contribution >= 0.6 is 0 Å². The molecule has 0 spiro atoms. The van der Waals surface area contributed by atoms with Crippen LogP contribution < -0.4 is 29.6 Å². The van der Waals surface area contributed by atoms with Crippen LogP contribution in [-0.2, 0) is 23.0 Å². The van der Waals surface area contributed by atoms with E-state index in [0.717, 1.165) is 24.8 Å². The molecule has 0 radical (unpaired) electrons. The zero-order valence-electron chi connectivity index (χ0n) is 12.1. The number of aryl methyl sites for hydroxylation is 1. The predicted octanol–water partition coefficient (Wildman–Crippen LogP) is 0.280. The number of unbranched alkanes of at least 4 members (excludes halogenated alkanes) is 3. The second-order valence-electron chi connectivity index (χ2n) is 4.51. The fourth-order valence-corrected chi connectivity index (χ4v) is 3.05. The summed E-state index contributed by atoms with van der Waals surface area (Å²) in [7, 11) is -4.35. The maximum Gasteiger partial charge on any atom is 1.00 e. The molecule has 1 aromatic carbocycles. The topological polar surface area (TPSA) is 57.2 Å². The third kappa shape index (κ3) is 5.96. The fraction of sp³-hybridized carbons (Fsp3) is 0.571. The molecule has 0 unspecified atom stereocenters. The molecule has 19 heavy (non-hydrogen) atoms. The third-order valence-corrected chi connectivity index (χ3v) is 4.07. The molecule has 0 saturated carbocycles. The molecule has 0 atom stereocenters. The minimum absolute atomic E-state index is 0. The van der Waals surface area contributed by atoms with Gasteiger partial charge in [0.25, 0.3) is 0 Å². The van der Waals surface area contributed by atoms with Crippen LogP contribution in [0.15, 0.2) is 23.1 Å². The van der Waals surface area contributed by atoms with Crippen molar-refractivity contribution >= 4 is 10.1 Å². The zero-order chi connectivity index (χ0) is 13.6. The van der Waals surface area contributed by atoms with Gasteiger partial charge < -0.3 is 4.55 Å². The Hall–Kier alpha value is 0.130. The van der Waals surface area contributed by atoms with Crippen LogP contribution in [0.2, 0.25) is 0 Å². The van der Waals surface area contributed by atoms with Gasteiger partial charge in [0.1, 0.15) is 10.1 Å². The maximum absolute atomic E-state index is 11.2. The summed E-state index contributed by atoms with van der Waals surface area (Å²) in [6.07, 6.45) is 6.00. The van der Waals surface area contributed by atoms with Gasteiger partial charge in [-0.2, -0.15) is 0 Å². The van der Waals surface area contributed by atoms with E-state index in [4.69, 9.17) is 0 Å². The summed E-state index contributed by atoms with van der Waals surface area (Å²) in [5, 5.41) is 0. The van der Waals surface area contributed by atoms with E-state index in [9.17, 15) is 13.0 Å². The van der Waals surface area contributed by atoms with Gasteiger partial charge in [-0.15, -0.1) is 0 Å². The van der Waals surface area contributed by atoms with Crippen molar-refractivity contribution < 1.29 is 42.5 Å². The normalized spacial score (nSPS) is 11.1. The van der Waals surface area contributed by atoms with Crippen molar-refractivity contribution in [1.82, 2.24) is 0 Å². The van der Waals surface area contributed by atoms with Gasteiger partial charge in [-0.3, -0.25) is 0 Å². The van der Waals surface area contributed by atoms with Crippen LogP contribution in [0.3, 0.4) is 0 Å². The molecule has 0 aliphatic rings. The van der Waals surface area contributed by atoms with Crippen LogP contribution in [0, 0.1) is 0 Å². The molecule has 5 heteroatoms. The number of benzene rings is 1. The Bertz CT molecular complexity index is 483. The van der Waals surface area contributed by atoms with Crippen LogP contribution in [-0.4, -0.2) is 13.0 Å². The summed E-state index contributed by atoms with van der Waals surface area (Å²) < 4.78 is 33.6. The maximum atomic E-state index is 11.2. The largest absolute Gasteiger partial charge is 1.00 e. The van der Waals surface area contributed by atoms with Crippen molar-refractivity contribution in [1.29, 1.82) is 0 Å². The minimum Gasteiger partial charge on any atom is -0.744 e. The minimum atomic E-state index is -4.35. The van der Waals surface area contributed by atoms with Gasteiger partial charge in [-0.1, -0.05) is 45.2 Å². The molecule has 3 nitrogen and oxygen atoms in total. The first-order valence-corrected chi connectivity index (χ1v) is 7.98. The van der Waals surface area contributed by atoms with E-state index in [1.54, 1.807) is 6.07 Å². The van der Waals surface area contributed by atoms with E-state index in [1.165, 1.54) is 18.9 Å². The van der Waals surface area contributed by atoms with Gasteiger partial charge in [0, 0.05) is 0 Å². The van der Waals surface area contributed by atoms with Crippen molar-refractivity contribution in [3.8, 4) is 0 Å². The molecule has 0 aromatic heterocycles. The molecule has 0 amide bonds. The molecule has 0 aliphatic heterocycles. The second kappa shape index (κ2) is 9.14. The van der Waals surface area contributed by atoms with Crippen LogP contribution in [0.25, 0.3) is 0 Å². The Labute approximate surface area is 138 Å². The van der Waals surface area contributed by atoms with Crippen molar-refractivity contribution in [3.05, 3.63) is 29.3 Å². The second-order valence-corrected chi connectivity index (χ2v) is 5.86. The van der Waals surface area contributed by atoms with Crippen LogP contribution in [0.1, 0.15) is 50.7 Å². The van der Waals surface area contributed by atoms with Crippen molar-refractivity contribution in [2.45, 2.75) is 57.3 Å². The van der Waals surface area contributed by atoms with Crippen molar-refractivity contribution in [2.24, 2.45) is 0 Å². The Kier molecular flexibility index (Phi) is 9.20. The summed E-state index contributed by atoms with van der Waals surface area (Å²) in [5.74, 6) is 0. The first-order valence-electron chi connectivity index (χ1n) is 6.57. The molecule has 1 rings (SSSR count). The van der Waals surface area contributed by atoms with E-state index < -0.39 is 10.1 Å². The monoisotopic (exact) mass is 292 g/mol. The molecule has 0 heterocycles. The number of hydrogen-bond acceptors (Lipinski definition) is 3. The average Bonchev–Trinajstić information content (AvgIpc) is 2.33. The smallest absolute Gasteiger partial charge is 0.744 e. The van der Waals surface area contributed by atoms with E-state index in [0.29, 0.717) is 12.0 Å². The van der Waals surface area contributed by atoms with Gasteiger partial charge in [0.2, 0.25) is 0 Å². The molecular weight excluding hydrogens is 271 g/mol. The summed E-state index contributed by atoms with van der Waals surface area (Å²) in [4.78, 5) is -0.0435. The average molecular weight is 292 g/mol. The Morgan fingerprint density at radius 1 is 1.11 bits per heavy atom. The molecule has 0 aliphatic carbocycles. The van der Waals surface area contributed by atoms with Gasteiger partial charge in [0.15, 0.2) is 0 Å². The van der Waals surface area contributed by atoms with Gasteiger partial charge in [0.05, 0.1) is 4.90 Å². The summed E-state index contributed by atoms with van der Waals surface area (Å²) in [6, 6.07) is 5.01. The summed E-state index contributed by atoms with van der Waals surface area (Å²) >= 11 is 0. The molecule has 0 saturated heterocycles. The predicted molar refractivity (Wildman–Crippen MR) is 71.6 cm³/mol. The van der Waals surface area contributed by atoms with Gasteiger partial charge >= 0.3 is 29.6 Å². The molecule has 1 aromatic rings. The van der Waals surface area contributed by atoms with Crippen LogP contribution in [0.4, 0.5) is 0 Å². The Morgan fingerprint density at radius 3 is 2.32 bits per heavy atom. The van der Waals surface area contributed by atoms with Gasteiger partial charge in [-0.25, -0.2) is 8.42 Å². The first-order chi connectivity index (χ1) is 8.50. The van der Waals surface area contributed by atoms with Crippen molar-refractivity contribution in [2.75, 3.05) is 0 Å². The molecule has 0 fully saturated rings. The number of rotatable bonds is 7. The standard InChI is InChI=1S/C14H22O3S.Na/c1-3-5-6-7-9-12-10-8-11-14(13(12)4-2)18(15,16)17;/h8,10-11H,3-7,9H2,1-2H3,(H,15,16,17);/q;+1/p-1. The zero-order valence-corrected chi connectivity index (χ0v) is 14.9. The van der Waals surface area contributed by atoms with E-state index in [2.05, 4.69) is 6.92 Å². The van der Waals surface area contributed by atoms with E-state index in [1.807, 2.05) is 13.0 Å². The third-order valence-electron chi connectivity index (χ3n) is 3.15. The summed E-state index contributed by atoms with van der Waals surface area (Å²) in [5.41, 5.74) is 1.70. The first kappa shape index (κ1) is 19.1. The molecule has 0 N–H and O–H groups in total. The Balaban J connectivity index is 0.00000324. The van der Waals surface area contributed by atoms with Crippen molar-refractivity contribution in [3.63, 3.8) is 0 Å². The molecule has 0 bridgehead atoms. The van der Waals surface area contributed by atoms with Crippen LogP contribution in [0.5, 0.6) is 0 Å². The SMILES string of the molecule is CCCCCCc1cccc(S(=O)(=O)[O-])c1CC.[Na+]. The molecular formula is C14H21NaO3S. The van der Waals surface area contributed by atoms with E-state index >= 15 is 0 Å². The molecule has 102 valence electrons. The van der Waals surface area contributed by atoms with Gasteiger partial charge in [-0.05, 0) is 36.5 Å². The fourth-order valence-electron chi connectivity index (χ4n) is 2.22. The Morgan fingerprint density at radius 2 is 1.79 bits per heavy atom. The summed E-state index contributed by atoms with van der Waals surface area (Å²) in [6.45, 7) is 4.04.